The van der Waals surface area contributed by atoms with Gasteiger partial charge in [-0.05, 0) is 91.5 Å². The molecule has 0 saturated carbocycles. The van der Waals surface area contributed by atoms with Crippen molar-refractivity contribution >= 4 is 47.2 Å². The summed E-state index contributed by atoms with van der Waals surface area (Å²) in [4.78, 5) is 81.3. The topological polar surface area (TPSA) is 159 Å². The third-order valence-electron chi connectivity index (χ3n) is 15.0. The fourth-order valence-corrected chi connectivity index (χ4v) is 11.0. The zero-order valence-corrected chi connectivity index (χ0v) is 43.9. The minimum Gasteiger partial charge on any atom is -0.460 e. The molecule has 16 heteroatoms. The minimum atomic E-state index is -1.10. The highest BCUT2D eigenvalue weighted by Gasteiger charge is 2.45. The summed E-state index contributed by atoms with van der Waals surface area (Å²) in [7, 11) is 3.30. The molecule has 2 aromatic carbocycles. The average molecular weight is 998 g/mol. The lowest BCUT2D eigenvalue weighted by atomic mass is 9.84. The summed E-state index contributed by atoms with van der Waals surface area (Å²) in [5.74, 6) is 2.90. The van der Waals surface area contributed by atoms with Gasteiger partial charge in [0, 0.05) is 87.8 Å². The predicted octanol–water partition coefficient (Wildman–Crippen LogP) is 5.54. The molecular weight excluding hydrogens is 925 g/mol. The molecule has 0 aliphatic carbocycles. The van der Waals surface area contributed by atoms with Crippen LogP contribution in [-0.4, -0.2) is 162 Å². The molecule has 5 atom stereocenters. The summed E-state index contributed by atoms with van der Waals surface area (Å²) < 4.78 is 21.2. The van der Waals surface area contributed by atoms with Gasteiger partial charge in [0.15, 0.2) is 6.72 Å². The number of cyclic esters (lactones) is 1. The molecule has 4 aliphatic rings. The second-order valence-corrected chi connectivity index (χ2v) is 21.2. The highest BCUT2D eigenvalue weighted by atomic mass is 16.5. The van der Waals surface area contributed by atoms with E-state index >= 15 is 4.79 Å². The molecule has 4 aromatic rings. The normalized spacial score (nSPS) is 21.5. The SMILES string of the molecule is C=[N+]1[C@H]2CCCN1C(=O)[C@@H](NC(=O)[C@H](C(C)C)N(C)C(=O)[C@H]1CCN(C(=O)C#CCN3CCOCC3)C1)Cc1cccc(c1)-c1ccc3c(c1)c(c(-c1cccnc1[C@H](C)OC)n3CC)CC(C)(C)COC2=O. The van der Waals surface area contributed by atoms with E-state index in [4.69, 9.17) is 19.2 Å². The van der Waals surface area contributed by atoms with Gasteiger partial charge in [-0.3, -0.25) is 29.1 Å². The number of likely N-dealkylation sites (tertiary alicyclic amines) is 1. The van der Waals surface area contributed by atoms with Crippen LogP contribution in [-0.2, 0) is 57.6 Å². The number of nitrogens with one attached hydrogen (secondary N) is 1. The van der Waals surface area contributed by atoms with E-state index in [0.29, 0.717) is 58.5 Å². The van der Waals surface area contributed by atoms with Crippen LogP contribution in [0.3, 0.4) is 0 Å². The smallest absolute Gasteiger partial charge is 0.378 e. The first kappa shape index (κ1) is 52.9. The summed E-state index contributed by atoms with van der Waals surface area (Å²) in [6, 6.07) is 15.7. The Bertz CT molecular complexity index is 2800. The number of benzene rings is 2. The van der Waals surface area contributed by atoms with E-state index in [1.807, 2.05) is 39.0 Å². The minimum absolute atomic E-state index is 0.110. The van der Waals surface area contributed by atoms with E-state index in [1.165, 1.54) is 14.6 Å². The van der Waals surface area contributed by atoms with Gasteiger partial charge in [0.25, 0.3) is 17.9 Å². The van der Waals surface area contributed by atoms with E-state index in [9.17, 15) is 19.2 Å². The van der Waals surface area contributed by atoms with Crippen molar-refractivity contribution in [2.75, 3.05) is 73.2 Å². The molecule has 2 aromatic heterocycles. The van der Waals surface area contributed by atoms with Crippen LogP contribution in [0.25, 0.3) is 33.3 Å². The number of aryl methyl sites for hydroxylation is 1. The lowest BCUT2D eigenvalue weighted by molar-refractivity contribution is -0.693. The fourth-order valence-electron chi connectivity index (χ4n) is 11.0. The summed E-state index contributed by atoms with van der Waals surface area (Å²) in [6.07, 6.45) is 3.60. The summed E-state index contributed by atoms with van der Waals surface area (Å²) in [5, 5.41) is 5.61. The molecule has 3 saturated heterocycles. The number of hydrazine groups is 1. The van der Waals surface area contributed by atoms with E-state index in [2.05, 4.69) is 90.5 Å². The molecular formula is C57H73N8O8+. The Balaban J connectivity index is 1.11. The number of pyridine rings is 1. The number of hydrazone groups is 1. The third-order valence-corrected chi connectivity index (χ3v) is 15.0. The van der Waals surface area contributed by atoms with Crippen molar-refractivity contribution in [3.63, 3.8) is 0 Å². The molecule has 6 bridgehead atoms. The maximum Gasteiger partial charge on any atom is 0.378 e. The lowest BCUT2D eigenvalue weighted by Gasteiger charge is -2.34. The molecule has 73 heavy (non-hydrogen) atoms. The number of carbonyl (C=O) groups is 5. The maximum atomic E-state index is 15.0. The zero-order valence-electron chi connectivity index (χ0n) is 43.9. The number of hydrogen-bond donors (Lipinski definition) is 1. The Labute approximate surface area is 430 Å². The van der Waals surface area contributed by atoms with Gasteiger partial charge in [-0.2, -0.15) is 0 Å². The van der Waals surface area contributed by atoms with Crippen molar-refractivity contribution in [2.45, 2.75) is 104 Å². The standard InChI is InChI=1S/C57H72N8O8/c1-10-64-47-21-20-41-33-44(47)45(52(64)43-17-12-23-58-50(43)38(4)71-9)34-57(5,6)36-73-56(70)48-18-13-25-65(61(48)8)55(69)46(32-39-15-11-16-40(41)31-39)59-53(67)51(37(2)3)60(7)54(68)42-22-26-63(35-42)49(66)19-14-24-62-27-29-72-30-28-62/h11-12,15-17,20-21,23,31,33,37-38,42,46,48,51H,8,10,13,18,22,24-30,32,34-36H2,1-7,9H3/p+1/t38-,42-,46-,48-,51-/m0/s1. The molecule has 16 nitrogen and oxygen atoms in total. The molecule has 388 valence electrons. The van der Waals surface area contributed by atoms with E-state index < -0.39 is 47.2 Å². The zero-order chi connectivity index (χ0) is 52.1. The highest BCUT2D eigenvalue weighted by molar-refractivity contribution is 5.97. The number of fused-ring (bicyclic) bond motifs is 6. The fraction of sp³-hybridized carbons (Fsp3) is 0.526. The Morgan fingerprint density at radius 3 is 2.52 bits per heavy atom. The number of likely N-dealkylation sites (N-methyl/N-ethyl adjacent to an activating group) is 1. The van der Waals surface area contributed by atoms with Crippen LogP contribution >= 0.6 is 0 Å². The number of amides is 4. The second-order valence-electron chi connectivity index (χ2n) is 21.2. The third kappa shape index (κ3) is 11.5. The molecule has 4 amide bonds. The van der Waals surface area contributed by atoms with Crippen molar-refractivity contribution in [1.82, 2.24) is 34.6 Å². The Morgan fingerprint density at radius 2 is 1.78 bits per heavy atom. The maximum absolute atomic E-state index is 15.0. The molecule has 1 N–H and O–H groups in total. The van der Waals surface area contributed by atoms with Gasteiger partial charge in [0.2, 0.25) is 11.8 Å². The van der Waals surface area contributed by atoms with Crippen molar-refractivity contribution in [3.8, 4) is 34.2 Å². The Hall–Kier alpha value is -6.41. The number of carbonyl (C=O) groups excluding carboxylic acids is 5. The highest BCUT2D eigenvalue weighted by Crippen LogP contribution is 2.42. The number of hydrogen-bond acceptors (Lipinski definition) is 10. The number of morpholine rings is 1. The van der Waals surface area contributed by atoms with E-state index in [1.54, 1.807) is 25.3 Å². The number of rotatable bonds is 10. The van der Waals surface area contributed by atoms with Crippen molar-refractivity contribution in [3.05, 3.63) is 77.6 Å². The van der Waals surface area contributed by atoms with Gasteiger partial charge < -0.3 is 33.9 Å². The van der Waals surface area contributed by atoms with Gasteiger partial charge in [-0.15, -0.1) is 9.69 Å². The summed E-state index contributed by atoms with van der Waals surface area (Å²) >= 11 is 0. The van der Waals surface area contributed by atoms with Crippen molar-refractivity contribution < 1.29 is 42.9 Å². The number of aromatic nitrogens is 2. The van der Waals surface area contributed by atoms with Gasteiger partial charge in [0.1, 0.15) is 12.1 Å². The monoisotopic (exact) mass is 998 g/mol. The largest absolute Gasteiger partial charge is 0.460 e. The van der Waals surface area contributed by atoms with Crippen molar-refractivity contribution in [1.29, 1.82) is 0 Å². The molecule has 0 unspecified atom stereocenters. The van der Waals surface area contributed by atoms with E-state index in [0.717, 1.165) is 63.2 Å². The molecule has 3 fully saturated rings. The van der Waals surface area contributed by atoms with Crippen LogP contribution in [0.4, 0.5) is 0 Å². The van der Waals surface area contributed by atoms with Crippen LogP contribution in [0.5, 0.6) is 0 Å². The second kappa shape index (κ2) is 22.8. The van der Waals surface area contributed by atoms with Crippen LogP contribution in [0, 0.1) is 29.1 Å². The van der Waals surface area contributed by atoms with E-state index in [-0.39, 0.29) is 50.0 Å². The number of nitrogens with zero attached hydrogens (tertiary/aromatic N) is 7. The molecule has 4 aliphatic heterocycles. The van der Waals surface area contributed by atoms with Crippen LogP contribution in [0.2, 0.25) is 0 Å². The Kier molecular flexibility index (Phi) is 16.5. The molecule has 0 spiro atoms. The molecule has 0 radical (unpaired) electrons. The summed E-state index contributed by atoms with van der Waals surface area (Å²) in [5.41, 5.74) is 7.19. The van der Waals surface area contributed by atoms with Crippen molar-refractivity contribution in [2.24, 2.45) is 17.3 Å². The quantitative estimate of drug-likeness (QED) is 0.122. The lowest BCUT2D eigenvalue weighted by Crippen LogP contribution is -2.60. The van der Waals surface area contributed by atoms with Crippen LogP contribution in [0.1, 0.15) is 83.7 Å². The number of methoxy groups -OCH3 is 1. The first-order chi connectivity index (χ1) is 35.0. The first-order valence-corrected chi connectivity index (χ1v) is 25.9. The number of ether oxygens (including phenoxy) is 3. The first-order valence-electron chi connectivity index (χ1n) is 25.9. The van der Waals surface area contributed by atoms with Gasteiger partial charge >= 0.3 is 5.97 Å². The predicted molar refractivity (Wildman–Crippen MR) is 279 cm³/mol. The number of esters is 1. The van der Waals surface area contributed by atoms with Gasteiger partial charge in [-0.25, -0.2) is 4.79 Å². The van der Waals surface area contributed by atoms with Gasteiger partial charge in [0.05, 0.1) is 56.3 Å². The molecule has 6 heterocycles. The van der Waals surface area contributed by atoms with Gasteiger partial charge in [-0.1, -0.05) is 63.9 Å². The van der Waals surface area contributed by atoms with Crippen LogP contribution < -0.4 is 5.32 Å². The molecule has 8 rings (SSSR count). The van der Waals surface area contributed by atoms with Crippen LogP contribution in [0.15, 0.2) is 60.8 Å². The average Bonchev–Trinajstić information content (AvgIpc) is 4.00. The summed E-state index contributed by atoms with van der Waals surface area (Å²) in [6.45, 7) is 21.3. The Morgan fingerprint density at radius 1 is 1.01 bits per heavy atom.